The van der Waals surface area contributed by atoms with Crippen LogP contribution in [-0.2, 0) is 22.9 Å². The van der Waals surface area contributed by atoms with Gasteiger partial charge < -0.3 is 9.47 Å². The van der Waals surface area contributed by atoms with Crippen molar-refractivity contribution in [2.45, 2.75) is 46.8 Å². The molecule has 1 fully saturated rings. The largest absolute Gasteiger partial charge is 0.349 e. The van der Waals surface area contributed by atoms with E-state index in [1.165, 1.54) is 0 Å². The Morgan fingerprint density at radius 3 is 2.58 bits per heavy atom. The maximum Gasteiger partial charge on any atom is 0.256 e. The van der Waals surface area contributed by atoms with Crippen molar-refractivity contribution in [1.29, 1.82) is 0 Å². The average Bonchev–Trinajstić information content (AvgIpc) is 3.18. The van der Waals surface area contributed by atoms with Gasteiger partial charge in [0.15, 0.2) is 9.84 Å². The second-order valence-corrected chi connectivity index (χ2v) is 9.02. The van der Waals surface area contributed by atoms with Crippen molar-refractivity contribution < 1.29 is 13.2 Å². The number of aryl methyl sites for hydroxylation is 2. The molecule has 0 spiro atoms. The summed E-state index contributed by atoms with van der Waals surface area (Å²) in [5.41, 5.74) is 3.38. The Balaban J connectivity index is 1.99. The van der Waals surface area contributed by atoms with Crippen molar-refractivity contribution in [2.75, 3.05) is 18.1 Å². The quantitative estimate of drug-likeness (QED) is 0.815. The summed E-state index contributed by atoms with van der Waals surface area (Å²) in [4.78, 5) is 15.0. The van der Waals surface area contributed by atoms with Gasteiger partial charge in [0, 0.05) is 42.8 Å². The lowest BCUT2D eigenvalue weighted by Gasteiger charge is -2.35. The van der Waals surface area contributed by atoms with Crippen molar-refractivity contribution in [2.24, 2.45) is 0 Å². The van der Waals surface area contributed by atoms with E-state index in [-0.39, 0.29) is 24.0 Å². The van der Waals surface area contributed by atoms with Gasteiger partial charge in [0.2, 0.25) is 0 Å². The second-order valence-electron chi connectivity index (χ2n) is 6.79. The summed E-state index contributed by atoms with van der Waals surface area (Å²) >= 11 is 0. The fraction of sp³-hybridized carbons (Fsp3) is 0.556. The minimum Gasteiger partial charge on any atom is -0.349 e. The van der Waals surface area contributed by atoms with Crippen molar-refractivity contribution in [3.63, 3.8) is 0 Å². The maximum atomic E-state index is 13.3. The third-order valence-electron chi connectivity index (χ3n) is 5.17. The summed E-state index contributed by atoms with van der Waals surface area (Å²) in [7, 11) is -3.18. The van der Waals surface area contributed by atoms with Crippen LogP contribution in [0.4, 0.5) is 0 Å². The molecular weight excluding hydrogens is 352 g/mol. The molecule has 2 aromatic heterocycles. The monoisotopic (exact) mass is 378 g/mol. The van der Waals surface area contributed by atoms with Gasteiger partial charge in [0.1, 0.15) is 0 Å². The second kappa shape index (κ2) is 6.90. The normalized spacial score (nSPS) is 19.7. The van der Waals surface area contributed by atoms with Crippen LogP contribution in [-0.4, -0.2) is 51.6 Å². The third kappa shape index (κ3) is 3.30. The Morgan fingerprint density at radius 2 is 2.00 bits per heavy atom. The summed E-state index contributed by atoms with van der Waals surface area (Å²) in [5, 5.41) is 4.25. The van der Waals surface area contributed by atoms with E-state index in [2.05, 4.69) is 9.67 Å². The Hall–Kier alpha value is -2.09. The zero-order chi connectivity index (χ0) is 19.1. The number of aromatic nitrogens is 3. The third-order valence-corrected chi connectivity index (χ3v) is 6.80. The minimum atomic E-state index is -3.18. The van der Waals surface area contributed by atoms with Crippen LogP contribution in [0.1, 0.15) is 47.2 Å². The van der Waals surface area contributed by atoms with E-state index < -0.39 is 15.9 Å². The van der Waals surface area contributed by atoms with Crippen LogP contribution in [0.5, 0.6) is 0 Å². The molecule has 1 aliphatic rings. The number of carbonyl (C=O) groups is 1. The topological polar surface area (TPSA) is 77.2 Å². The number of sulfone groups is 1. The van der Waals surface area contributed by atoms with Gasteiger partial charge >= 0.3 is 0 Å². The van der Waals surface area contributed by atoms with E-state index in [1.807, 2.05) is 40.0 Å². The van der Waals surface area contributed by atoms with Gasteiger partial charge in [-0.1, -0.05) is 0 Å². The average molecular weight is 378 g/mol. The van der Waals surface area contributed by atoms with Crippen LogP contribution in [0.3, 0.4) is 0 Å². The molecule has 0 saturated carbocycles. The summed E-state index contributed by atoms with van der Waals surface area (Å²) in [6.07, 6.45) is 3.51. The molecule has 1 aliphatic heterocycles. The van der Waals surface area contributed by atoms with Crippen LogP contribution < -0.4 is 0 Å². The van der Waals surface area contributed by atoms with Crippen LogP contribution in [0.2, 0.25) is 0 Å². The number of carbonyl (C=O) groups excluding carboxylic acids is 1. The molecule has 1 saturated heterocycles. The molecule has 26 heavy (non-hydrogen) atoms. The van der Waals surface area contributed by atoms with Crippen LogP contribution in [0.25, 0.3) is 0 Å². The molecule has 1 atom stereocenters. The van der Waals surface area contributed by atoms with Crippen LogP contribution in [0.15, 0.2) is 18.5 Å². The van der Waals surface area contributed by atoms with E-state index in [9.17, 15) is 13.2 Å². The number of amides is 1. The molecule has 2 aromatic rings. The highest BCUT2D eigenvalue weighted by Crippen LogP contribution is 2.29. The predicted octanol–water partition coefficient (Wildman–Crippen LogP) is 1.95. The highest BCUT2D eigenvalue weighted by Gasteiger charge is 2.37. The molecule has 0 radical (unpaired) electrons. The SMILES string of the molecule is CCn1cc([C@H]2CS(=O)(=O)CCN2C(=O)c2cc(C)n(CC)c2C)cn1. The Morgan fingerprint density at radius 1 is 1.27 bits per heavy atom. The van der Waals surface area contributed by atoms with Gasteiger partial charge in [-0.15, -0.1) is 0 Å². The number of hydrogen-bond acceptors (Lipinski definition) is 4. The van der Waals surface area contributed by atoms with E-state index >= 15 is 0 Å². The first-order valence-electron chi connectivity index (χ1n) is 8.97. The fourth-order valence-electron chi connectivity index (χ4n) is 3.71. The van der Waals surface area contributed by atoms with E-state index in [4.69, 9.17) is 0 Å². The summed E-state index contributed by atoms with van der Waals surface area (Å²) in [6.45, 7) is 9.64. The molecule has 3 rings (SSSR count). The zero-order valence-corrected chi connectivity index (χ0v) is 16.6. The van der Waals surface area contributed by atoms with Gasteiger partial charge in [-0.05, 0) is 33.8 Å². The number of hydrogen-bond donors (Lipinski definition) is 0. The Labute approximate surface area is 154 Å². The standard InChI is InChI=1S/C18H26N4O3S/c1-5-20-11-15(10-19-20)17-12-26(24,25)8-7-22(17)18(23)16-9-13(3)21(6-2)14(16)4/h9-11,17H,5-8,12H2,1-4H3/t17-/m1/s1. The smallest absolute Gasteiger partial charge is 0.256 e. The van der Waals surface area contributed by atoms with E-state index in [1.54, 1.807) is 15.8 Å². The summed E-state index contributed by atoms with van der Waals surface area (Å²) in [6, 6.07) is 1.41. The molecule has 142 valence electrons. The number of nitrogens with zero attached hydrogens (tertiary/aromatic N) is 4. The summed E-state index contributed by atoms with van der Waals surface area (Å²) in [5.74, 6) is -0.161. The Bertz CT molecular complexity index is 926. The molecular formula is C18H26N4O3S. The molecule has 0 unspecified atom stereocenters. The first-order valence-corrected chi connectivity index (χ1v) is 10.8. The van der Waals surface area contributed by atoms with Gasteiger partial charge in [-0.2, -0.15) is 5.10 Å². The molecule has 0 aromatic carbocycles. The zero-order valence-electron chi connectivity index (χ0n) is 15.8. The first kappa shape index (κ1) is 18.7. The lowest BCUT2D eigenvalue weighted by atomic mass is 10.1. The molecule has 7 nitrogen and oxygen atoms in total. The van der Waals surface area contributed by atoms with Gasteiger partial charge in [-0.3, -0.25) is 9.48 Å². The first-order chi connectivity index (χ1) is 12.3. The predicted molar refractivity (Wildman–Crippen MR) is 99.9 cm³/mol. The van der Waals surface area contributed by atoms with Crippen molar-refractivity contribution in [3.8, 4) is 0 Å². The number of rotatable bonds is 4. The van der Waals surface area contributed by atoms with E-state index in [0.717, 1.165) is 23.5 Å². The molecule has 3 heterocycles. The molecule has 1 amide bonds. The van der Waals surface area contributed by atoms with Gasteiger partial charge in [0.05, 0.1) is 29.3 Å². The Kier molecular flexibility index (Phi) is 4.96. The molecule has 0 aliphatic carbocycles. The van der Waals surface area contributed by atoms with Crippen molar-refractivity contribution >= 4 is 15.7 Å². The lowest BCUT2D eigenvalue weighted by Crippen LogP contribution is -2.46. The fourth-order valence-corrected chi connectivity index (χ4v) is 5.20. The highest BCUT2D eigenvalue weighted by atomic mass is 32.2. The summed E-state index contributed by atoms with van der Waals surface area (Å²) < 4.78 is 28.3. The van der Waals surface area contributed by atoms with Crippen molar-refractivity contribution in [1.82, 2.24) is 19.2 Å². The van der Waals surface area contributed by atoms with Crippen LogP contribution >= 0.6 is 0 Å². The van der Waals surface area contributed by atoms with E-state index in [0.29, 0.717) is 12.1 Å². The van der Waals surface area contributed by atoms with Gasteiger partial charge in [-0.25, -0.2) is 8.42 Å². The lowest BCUT2D eigenvalue weighted by molar-refractivity contribution is 0.0696. The van der Waals surface area contributed by atoms with Gasteiger partial charge in [0.25, 0.3) is 5.91 Å². The molecule has 0 N–H and O–H groups in total. The molecule has 0 bridgehead atoms. The highest BCUT2D eigenvalue weighted by molar-refractivity contribution is 7.91. The maximum absolute atomic E-state index is 13.3. The van der Waals surface area contributed by atoms with Crippen molar-refractivity contribution in [3.05, 3.63) is 41.0 Å². The molecule has 8 heteroatoms. The minimum absolute atomic E-state index is 0.00364. The van der Waals surface area contributed by atoms with Crippen LogP contribution in [0, 0.1) is 13.8 Å².